The average Bonchev–Trinajstić information content (AvgIpc) is 2.45. The molecule has 0 radical (unpaired) electrons. The molecule has 0 aliphatic heterocycles. The minimum absolute atomic E-state index is 0.0135. The van der Waals surface area contributed by atoms with Crippen LogP contribution in [0.1, 0.15) is 13.8 Å². The Labute approximate surface area is 135 Å². The average molecular weight is 340 g/mol. The summed E-state index contributed by atoms with van der Waals surface area (Å²) in [5.74, 6) is -0.194. The van der Waals surface area contributed by atoms with Crippen LogP contribution in [0.5, 0.6) is 0 Å². The van der Waals surface area contributed by atoms with Crippen LogP contribution < -0.4 is 10.6 Å². The van der Waals surface area contributed by atoms with Crippen LogP contribution in [0.3, 0.4) is 0 Å². The summed E-state index contributed by atoms with van der Waals surface area (Å²) in [6.07, 6.45) is -1.27. The third-order valence-electron chi connectivity index (χ3n) is 2.26. The highest BCUT2D eigenvalue weighted by molar-refractivity contribution is 7.96. The van der Waals surface area contributed by atoms with Crippen molar-refractivity contribution in [2.24, 2.45) is 0 Å². The molecule has 22 heavy (non-hydrogen) atoms. The molecule has 9 heteroatoms. The number of hydrogen-bond acceptors (Lipinski definition) is 5. The molecule has 0 heterocycles. The lowest BCUT2D eigenvalue weighted by Gasteiger charge is -2.10. The normalized spacial score (nSPS) is 12.2. The molecule has 130 valence electrons. The van der Waals surface area contributed by atoms with Gasteiger partial charge in [-0.25, -0.2) is 4.39 Å². The van der Waals surface area contributed by atoms with Crippen LogP contribution in [0.2, 0.25) is 0 Å². The SMILES string of the molecule is CC(C)OCC(=O)NCCOCCOCC(F)CNC(=O)S. The summed E-state index contributed by atoms with van der Waals surface area (Å²) in [7, 11) is 0. The van der Waals surface area contributed by atoms with Gasteiger partial charge in [-0.15, -0.1) is 0 Å². The van der Waals surface area contributed by atoms with Gasteiger partial charge in [-0.1, -0.05) is 12.6 Å². The Bertz CT molecular complexity index is 321. The third-order valence-corrected chi connectivity index (χ3v) is 2.42. The number of alkyl halides is 1. The highest BCUT2D eigenvalue weighted by Gasteiger charge is 2.07. The number of carbonyl (C=O) groups excluding carboxylic acids is 2. The molecule has 7 nitrogen and oxygen atoms in total. The fourth-order valence-electron chi connectivity index (χ4n) is 1.24. The first-order valence-electron chi connectivity index (χ1n) is 7.06. The van der Waals surface area contributed by atoms with Crippen molar-refractivity contribution in [3.05, 3.63) is 0 Å². The van der Waals surface area contributed by atoms with Crippen molar-refractivity contribution in [3.63, 3.8) is 0 Å². The zero-order valence-electron chi connectivity index (χ0n) is 13.0. The largest absolute Gasteiger partial charge is 0.377 e. The molecule has 0 spiro atoms. The van der Waals surface area contributed by atoms with Gasteiger partial charge in [-0.2, -0.15) is 0 Å². The first kappa shape index (κ1) is 21.1. The fourth-order valence-corrected chi connectivity index (χ4v) is 1.34. The number of halogens is 1. The number of rotatable bonds is 13. The minimum Gasteiger partial charge on any atom is -0.377 e. The summed E-state index contributed by atoms with van der Waals surface area (Å²) in [5.41, 5.74) is 0. The van der Waals surface area contributed by atoms with Crippen molar-refractivity contribution in [3.8, 4) is 0 Å². The molecule has 0 fully saturated rings. The second-order valence-electron chi connectivity index (χ2n) is 4.68. The van der Waals surface area contributed by atoms with Crippen LogP contribution in [0.4, 0.5) is 9.18 Å². The zero-order chi connectivity index (χ0) is 16.8. The van der Waals surface area contributed by atoms with Crippen molar-refractivity contribution >= 4 is 23.8 Å². The lowest BCUT2D eigenvalue weighted by Crippen LogP contribution is -2.32. The molecular weight excluding hydrogens is 315 g/mol. The molecule has 0 aromatic heterocycles. The summed E-state index contributed by atoms with van der Waals surface area (Å²) in [4.78, 5) is 21.7. The molecule has 0 rings (SSSR count). The lowest BCUT2D eigenvalue weighted by atomic mass is 10.4. The monoisotopic (exact) mass is 340 g/mol. The summed E-state index contributed by atoms with van der Waals surface area (Å²) in [5, 5.41) is 4.29. The number of carbonyl (C=O) groups is 2. The Kier molecular flexibility index (Phi) is 13.2. The van der Waals surface area contributed by atoms with Crippen molar-refractivity contribution < 1.29 is 28.2 Å². The lowest BCUT2D eigenvalue weighted by molar-refractivity contribution is -0.127. The second-order valence-corrected chi connectivity index (χ2v) is 5.09. The maximum atomic E-state index is 13.1. The van der Waals surface area contributed by atoms with E-state index in [2.05, 4.69) is 23.3 Å². The summed E-state index contributed by atoms with van der Waals surface area (Å²) in [6.45, 7) is 4.72. The molecule has 1 atom stereocenters. The fraction of sp³-hybridized carbons (Fsp3) is 0.846. The molecule has 2 N–H and O–H groups in total. The molecule has 0 aliphatic carbocycles. The van der Waals surface area contributed by atoms with E-state index in [1.807, 2.05) is 13.8 Å². The van der Waals surface area contributed by atoms with Gasteiger partial charge in [0, 0.05) is 6.54 Å². The number of ether oxygens (including phenoxy) is 3. The highest BCUT2D eigenvalue weighted by Crippen LogP contribution is 1.92. The number of thiol groups is 1. The standard InChI is InChI=1S/C13H25FN2O5S/c1-10(2)21-9-12(17)15-3-4-19-5-6-20-8-11(14)7-16-13(18)22/h10-11H,3-9H2,1-2H3,(H,15,17)(H2,16,18,22). The molecule has 0 bridgehead atoms. The third kappa shape index (κ3) is 15.5. The van der Waals surface area contributed by atoms with E-state index >= 15 is 0 Å². The van der Waals surface area contributed by atoms with Crippen molar-refractivity contribution in [2.75, 3.05) is 46.1 Å². The van der Waals surface area contributed by atoms with E-state index in [9.17, 15) is 14.0 Å². The van der Waals surface area contributed by atoms with Crippen LogP contribution >= 0.6 is 12.6 Å². The smallest absolute Gasteiger partial charge is 0.276 e. The first-order chi connectivity index (χ1) is 10.4. The predicted molar refractivity (Wildman–Crippen MR) is 83.0 cm³/mol. The molecule has 2 amide bonds. The Morgan fingerprint density at radius 2 is 1.82 bits per heavy atom. The Morgan fingerprint density at radius 1 is 1.14 bits per heavy atom. The molecular formula is C13H25FN2O5S. The Morgan fingerprint density at radius 3 is 2.45 bits per heavy atom. The van der Waals surface area contributed by atoms with Gasteiger partial charge in [0.25, 0.3) is 5.24 Å². The summed E-state index contributed by atoms with van der Waals surface area (Å²) in [6, 6.07) is 0. The summed E-state index contributed by atoms with van der Waals surface area (Å²) >= 11 is 3.45. The first-order valence-corrected chi connectivity index (χ1v) is 7.51. The van der Waals surface area contributed by atoms with Crippen molar-refractivity contribution in [1.82, 2.24) is 10.6 Å². The number of hydrogen-bond donors (Lipinski definition) is 3. The topological polar surface area (TPSA) is 85.9 Å². The maximum absolute atomic E-state index is 13.1. The van der Waals surface area contributed by atoms with E-state index in [4.69, 9.17) is 14.2 Å². The van der Waals surface area contributed by atoms with Gasteiger partial charge in [0.1, 0.15) is 12.8 Å². The summed E-state index contributed by atoms with van der Waals surface area (Å²) < 4.78 is 28.5. The molecule has 0 aliphatic rings. The quantitative estimate of drug-likeness (QED) is 0.337. The van der Waals surface area contributed by atoms with E-state index in [0.29, 0.717) is 19.8 Å². The number of amides is 2. The van der Waals surface area contributed by atoms with Gasteiger partial charge in [-0.3, -0.25) is 9.59 Å². The highest BCUT2D eigenvalue weighted by atomic mass is 32.1. The second kappa shape index (κ2) is 13.7. The predicted octanol–water partition coefficient (Wildman–Crippen LogP) is 0.538. The zero-order valence-corrected chi connectivity index (χ0v) is 13.9. The van der Waals surface area contributed by atoms with Gasteiger partial charge in [-0.05, 0) is 13.8 Å². The Hall–Kier alpha value is -0.900. The van der Waals surface area contributed by atoms with Crippen LogP contribution in [-0.4, -0.2) is 69.5 Å². The van der Waals surface area contributed by atoms with Gasteiger partial charge in [0.05, 0.1) is 39.1 Å². The maximum Gasteiger partial charge on any atom is 0.276 e. The van der Waals surface area contributed by atoms with Gasteiger partial charge < -0.3 is 24.8 Å². The van der Waals surface area contributed by atoms with Crippen LogP contribution in [0.25, 0.3) is 0 Å². The van der Waals surface area contributed by atoms with E-state index in [-0.39, 0.29) is 38.4 Å². The van der Waals surface area contributed by atoms with E-state index in [1.165, 1.54) is 0 Å². The van der Waals surface area contributed by atoms with E-state index in [0.717, 1.165) is 0 Å². The molecule has 0 saturated carbocycles. The van der Waals surface area contributed by atoms with E-state index in [1.54, 1.807) is 0 Å². The molecule has 0 aromatic rings. The van der Waals surface area contributed by atoms with Gasteiger partial charge >= 0.3 is 0 Å². The van der Waals surface area contributed by atoms with Crippen molar-refractivity contribution in [2.45, 2.75) is 26.1 Å². The Balaban J connectivity index is 3.29. The van der Waals surface area contributed by atoms with Crippen LogP contribution in [0, 0.1) is 0 Å². The van der Waals surface area contributed by atoms with E-state index < -0.39 is 11.4 Å². The van der Waals surface area contributed by atoms with Crippen LogP contribution in [-0.2, 0) is 19.0 Å². The number of nitrogens with one attached hydrogen (secondary N) is 2. The molecule has 0 saturated heterocycles. The minimum atomic E-state index is -1.28. The molecule has 1 unspecified atom stereocenters. The van der Waals surface area contributed by atoms with Gasteiger partial charge in [0.2, 0.25) is 5.91 Å². The van der Waals surface area contributed by atoms with Gasteiger partial charge in [0.15, 0.2) is 0 Å². The van der Waals surface area contributed by atoms with Crippen LogP contribution in [0.15, 0.2) is 0 Å². The molecule has 0 aromatic carbocycles. The van der Waals surface area contributed by atoms with Crippen molar-refractivity contribution in [1.29, 1.82) is 0 Å².